The van der Waals surface area contributed by atoms with Crippen LogP contribution in [-0.2, 0) is 27.2 Å². The van der Waals surface area contributed by atoms with Gasteiger partial charge in [0.15, 0.2) is 0 Å². The predicted molar refractivity (Wildman–Crippen MR) is 113 cm³/mol. The highest BCUT2D eigenvalue weighted by atomic mass is 19.1. The molecule has 0 aromatic heterocycles. The van der Waals surface area contributed by atoms with Gasteiger partial charge in [-0.1, -0.05) is 20.3 Å². The van der Waals surface area contributed by atoms with E-state index in [0.29, 0.717) is 55.5 Å². The number of halogens is 1. The third kappa shape index (κ3) is 5.27. The van der Waals surface area contributed by atoms with E-state index in [1.165, 1.54) is 11.0 Å². The molecule has 2 aliphatic rings. The Labute approximate surface area is 178 Å². The first-order valence-electron chi connectivity index (χ1n) is 11.3. The largest absolute Gasteiger partial charge is 0.444 e. The zero-order valence-electron chi connectivity index (χ0n) is 18.0. The third-order valence-corrected chi connectivity index (χ3v) is 6.28. The Morgan fingerprint density at radius 3 is 2.73 bits per heavy atom. The lowest BCUT2D eigenvalue weighted by Gasteiger charge is -2.16. The summed E-state index contributed by atoms with van der Waals surface area (Å²) in [4.78, 5) is 37.8. The van der Waals surface area contributed by atoms with E-state index in [9.17, 15) is 18.8 Å². The molecule has 1 aliphatic heterocycles. The van der Waals surface area contributed by atoms with Crippen molar-refractivity contribution in [2.75, 3.05) is 11.4 Å². The van der Waals surface area contributed by atoms with Gasteiger partial charge in [0, 0.05) is 25.2 Å². The summed E-state index contributed by atoms with van der Waals surface area (Å²) in [5.41, 5.74) is 1.76. The molecule has 1 aliphatic carbocycles. The normalized spacial score (nSPS) is 21.4. The number of anilines is 1. The molecule has 6 heteroatoms. The topological polar surface area (TPSA) is 63.7 Å². The summed E-state index contributed by atoms with van der Waals surface area (Å²) in [5.74, 6) is 0.0552. The number of cyclic esters (lactones) is 1. The van der Waals surface area contributed by atoms with E-state index in [1.54, 1.807) is 6.07 Å². The first-order valence-corrected chi connectivity index (χ1v) is 11.3. The molecule has 0 bridgehead atoms. The van der Waals surface area contributed by atoms with E-state index in [0.717, 1.165) is 25.7 Å². The third-order valence-electron chi connectivity index (χ3n) is 6.28. The summed E-state index contributed by atoms with van der Waals surface area (Å²) in [6.07, 6.45) is 5.90. The lowest BCUT2D eigenvalue weighted by atomic mass is 9.93. The maximum atomic E-state index is 14.9. The van der Waals surface area contributed by atoms with Crippen molar-refractivity contribution in [3.8, 4) is 0 Å². The molecule has 1 unspecified atom stereocenters. The van der Waals surface area contributed by atoms with Crippen LogP contribution in [0.3, 0.4) is 0 Å². The zero-order chi connectivity index (χ0) is 21.7. The number of amides is 1. The summed E-state index contributed by atoms with van der Waals surface area (Å²) in [7, 11) is 0. The molecule has 5 nitrogen and oxygen atoms in total. The molecular weight excluding hydrogens is 385 g/mol. The Kier molecular flexibility index (Phi) is 7.62. The SMILES string of the molecule is CCCC1CCc2c(F)cc(N3C[C@H](CCCCC(=O)CC)OC3=O)cc2CC1=O. The summed E-state index contributed by atoms with van der Waals surface area (Å²) >= 11 is 0. The number of ketones is 2. The number of benzene rings is 1. The molecule has 1 aromatic carbocycles. The van der Waals surface area contributed by atoms with Crippen LogP contribution in [0.2, 0.25) is 0 Å². The molecule has 2 atom stereocenters. The maximum Gasteiger partial charge on any atom is 0.414 e. The number of nitrogens with zero attached hydrogens (tertiary/aromatic N) is 1. The number of unbranched alkanes of at least 4 members (excludes halogenated alkanes) is 1. The van der Waals surface area contributed by atoms with Crippen molar-refractivity contribution in [3.63, 3.8) is 0 Å². The quantitative estimate of drug-likeness (QED) is 0.411. The van der Waals surface area contributed by atoms with Crippen molar-refractivity contribution in [2.45, 2.75) is 84.2 Å². The molecule has 0 N–H and O–H groups in total. The molecule has 0 radical (unpaired) electrons. The number of rotatable bonds is 9. The molecular formula is C24H32FNO4. The van der Waals surface area contributed by atoms with E-state index < -0.39 is 6.09 Å². The van der Waals surface area contributed by atoms with Crippen molar-refractivity contribution in [1.29, 1.82) is 0 Å². The second-order valence-electron chi connectivity index (χ2n) is 8.49. The van der Waals surface area contributed by atoms with Crippen LogP contribution in [0.15, 0.2) is 12.1 Å². The van der Waals surface area contributed by atoms with Gasteiger partial charge in [0.25, 0.3) is 0 Å². The van der Waals surface area contributed by atoms with Gasteiger partial charge in [-0.15, -0.1) is 0 Å². The minimum atomic E-state index is -0.479. The van der Waals surface area contributed by atoms with Crippen LogP contribution >= 0.6 is 0 Å². The highest BCUT2D eigenvalue weighted by molar-refractivity contribution is 5.90. The second-order valence-corrected chi connectivity index (χ2v) is 8.49. The first-order chi connectivity index (χ1) is 14.4. The Morgan fingerprint density at radius 2 is 2.00 bits per heavy atom. The zero-order valence-corrected chi connectivity index (χ0v) is 18.0. The molecule has 1 fully saturated rings. The predicted octanol–water partition coefficient (Wildman–Crippen LogP) is 5.16. The van der Waals surface area contributed by atoms with Crippen molar-refractivity contribution in [2.24, 2.45) is 5.92 Å². The summed E-state index contributed by atoms with van der Waals surface area (Å²) in [6, 6.07) is 3.18. The average Bonchev–Trinajstić information content (AvgIpc) is 3.01. The second kappa shape index (κ2) is 10.2. The maximum absolute atomic E-state index is 14.9. The summed E-state index contributed by atoms with van der Waals surface area (Å²) < 4.78 is 20.3. The fraction of sp³-hybridized carbons (Fsp3) is 0.625. The van der Waals surface area contributed by atoms with Crippen LogP contribution < -0.4 is 4.90 Å². The Hall–Kier alpha value is -2.24. The van der Waals surface area contributed by atoms with Crippen LogP contribution in [-0.4, -0.2) is 30.3 Å². The van der Waals surface area contributed by atoms with Crippen molar-refractivity contribution in [1.82, 2.24) is 0 Å². The van der Waals surface area contributed by atoms with Crippen LogP contribution in [0.25, 0.3) is 0 Å². The van der Waals surface area contributed by atoms with Gasteiger partial charge in [0.05, 0.1) is 12.2 Å². The molecule has 30 heavy (non-hydrogen) atoms. The number of Topliss-reactive ketones (excluding diaryl/α,β-unsaturated/α-hetero) is 2. The number of fused-ring (bicyclic) bond motifs is 1. The fourth-order valence-corrected chi connectivity index (χ4v) is 4.49. The molecule has 0 saturated carbocycles. The van der Waals surface area contributed by atoms with Crippen LogP contribution in [0.4, 0.5) is 14.9 Å². The Bertz CT molecular complexity index is 807. The van der Waals surface area contributed by atoms with E-state index in [2.05, 4.69) is 6.92 Å². The number of hydrogen-bond acceptors (Lipinski definition) is 4. The number of hydrogen-bond donors (Lipinski definition) is 0. The summed E-state index contributed by atoms with van der Waals surface area (Å²) in [6.45, 7) is 4.28. The smallest absolute Gasteiger partial charge is 0.414 e. The van der Waals surface area contributed by atoms with Gasteiger partial charge in [-0.25, -0.2) is 9.18 Å². The van der Waals surface area contributed by atoms with Crippen molar-refractivity contribution >= 4 is 23.3 Å². The number of carbonyl (C=O) groups excluding carboxylic acids is 3. The minimum Gasteiger partial charge on any atom is -0.444 e. The number of ether oxygens (including phenoxy) is 1. The van der Waals surface area contributed by atoms with Crippen LogP contribution in [0, 0.1) is 11.7 Å². The molecule has 164 valence electrons. The lowest BCUT2D eigenvalue weighted by molar-refractivity contribution is -0.122. The van der Waals surface area contributed by atoms with Gasteiger partial charge in [-0.2, -0.15) is 0 Å². The molecule has 1 amide bonds. The lowest BCUT2D eigenvalue weighted by Crippen LogP contribution is -2.25. The molecule has 3 rings (SSSR count). The first kappa shape index (κ1) is 22.4. The highest BCUT2D eigenvalue weighted by Gasteiger charge is 2.33. The van der Waals surface area contributed by atoms with Crippen molar-refractivity contribution in [3.05, 3.63) is 29.1 Å². The van der Waals surface area contributed by atoms with Gasteiger partial charge in [0.2, 0.25) is 0 Å². The van der Waals surface area contributed by atoms with Crippen LogP contribution in [0.1, 0.15) is 76.3 Å². The van der Waals surface area contributed by atoms with Gasteiger partial charge in [-0.05, 0) is 61.8 Å². The van der Waals surface area contributed by atoms with Crippen LogP contribution in [0.5, 0.6) is 0 Å². The molecule has 1 heterocycles. The molecule has 1 saturated heterocycles. The summed E-state index contributed by atoms with van der Waals surface area (Å²) in [5, 5.41) is 0. The van der Waals surface area contributed by atoms with Crippen molar-refractivity contribution < 1.29 is 23.5 Å². The molecule has 0 spiro atoms. The van der Waals surface area contributed by atoms with E-state index in [1.807, 2.05) is 6.92 Å². The Morgan fingerprint density at radius 1 is 1.20 bits per heavy atom. The van der Waals surface area contributed by atoms with Gasteiger partial charge < -0.3 is 4.74 Å². The van der Waals surface area contributed by atoms with Gasteiger partial charge in [0.1, 0.15) is 23.5 Å². The van der Waals surface area contributed by atoms with Gasteiger partial charge >= 0.3 is 6.09 Å². The number of carbonyl (C=O) groups is 3. The van der Waals surface area contributed by atoms with E-state index >= 15 is 0 Å². The van der Waals surface area contributed by atoms with E-state index in [-0.39, 0.29) is 35.8 Å². The molecule has 1 aromatic rings. The minimum absolute atomic E-state index is 0.00836. The standard InChI is InChI=1S/C24H32FNO4/c1-3-7-16-10-11-21-17(13-23(16)28)12-18(14-22(21)25)26-15-20(30-24(26)29)9-6-5-8-19(27)4-2/h12,14,16,20H,3-11,13,15H2,1-2H3/t16?,20-/m0/s1. The monoisotopic (exact) mass is 417 g/mol. The highest BCUT2D eigenvalue weighted by Crippen LogP contribution is 2.32. The average molecular weight is 418 g/mol. The Balaban J connectivity index is 1.66. The van der Waals surface area contributed by atoms with Gasteiger partial charge in [-0.3, -0.25) is 14.5 Å². The fourth-order valence-electron chi connectivity index (χ4n) is 4.49. The van der Waals surface area contributed by atoms with E-state index in [4.69, 9.17) is 4.74 Å².